The fourth-order valence-electron chi connectivity index (χ4n) is 1.76. The first-order valence-corrected chi connectivity index (χ1v) is 5.99. The molecule has 0 aromatic carbocycles. The van der Waals surface area contributed by atoms with Gasteiger partial charge in [0.1, 0.15) is 0 Å². The number of hydrogen-bond donors (Lipinski definition) is 4. The van der Waals surface area contributed by atoms with Crippen molar-refractivity contribution in [3.8, 4) is 0 Å². The van der Waals surface area contributed by atoms with E-state index in [4.69, 9.17) is 4.74 Å². The molecule has 1 atom stereocenters. The summed E-state index contributed by atoms with van der Waals surface area (Å²) in [5.41, 5.74) is -0.910. The van der Waals surface area contributed by atoms with Crippen molar-refractivity contribution in [2.75, 3.05) is 33.0 Å². The van der Waals surface area contributed by atoms with Crippen LogP contribution in [0.15, 0.2) is 0 Å². The highest BCUT2D eigenvalue weighted by atomic mass is 16.5. The third-order valence-electron chi connectivity index (χ3n) is 3.12. The summed E-state index contributed by atoms with van der Waals surface area (Å²) in [6.07, 6.45) is 0.780. The van der Waals surface area contributed by atoms with Crippen LogP contribution in [0, 0.1) is 0 Å². The van der Waals surface area contributed by atoms with Crippen LogP contribution in [0.1, 0.15) is 19.8 Å². The Morgan fingerprint density at radius 2 is 2.24 bits per heavy atom. The van der Waals surface area contributed by atoms with Gasteiger partial charge in [-0.15, -0.1) is 0 Å². The van der Waals surface area contributed by atoms with Crippen LogP contribution in [0.4, 0.5) is 0 Å². The van der Waals surface area contributed by atoms with Crippen molar-refractivity contribution in [1.82, 2.24) is 10.6 Å². The number of amides is 1. The summed E-state index contributed by atoms with van der Waals surface area (Å²) in [6, 6.07) is 0.00990. The van der Waals surface area contributed by atoms with Gasteiger partial charge in [0.15, 0.2) is 0 Å². The minimum Gasteiger partial charge on any atom is -0.394 e. The van der Waals surface area contributed by atoms with Crippen LogP contribution in [0.2, 0.25) is 0 Å². The van der Waals surface area contributed by atoms with E-state index >= 15 is 0 Å². The van der Waals surface area contributed by atoms with Gasteiger partial charge in [-0.1, -0.05) is 6.92 Å². The second kappa shape index (κ2) is 6.90. The van der Waals surface area contributed by atoms with E-state index in [2.05, 4.69) is 10.6 Å². The Kier molecular flexibility index (Phi) is 5.84. The summed E-state index contributed by atoms with van der Waals surface area (Å²) >= 11 is 0. The quantitative estimate of drug-likeness (QED) is 0.463. The summed E-state index contributed by atoms with van der Waals surface area (Å²) in [6.45, 7) is 3.22. The maximum atomic E-state index is 11.8. The van der Waals surface area contributed by atoms with Crippen LogP contribution in [-0.4, -0.2) is 60.7 Å². The first-order valence-electron chi connectivity index (χ1n) is 5.99. The van der Waals surface area contributed by atoms with Crippen LogP contribution in [-0.2, 0) is 9.53 Å². The van der Waals surface area contributed by atoms with Gasteiger partial charge >= 0.3 is 0 Å². The first-order chi connectivity index (χ1) is 8.15. The van der Waals surface area contributed by atoms with Crippen molar-refractivity contribution in [3.05, 3.63) is 0 Å². The highest BCUT2D eigenvalue weighted by molar-refractivity contribution is 5.77. The molecule has 0 aromatic heterocycles. The maximum absolute atomic E-state index is 11.8. The lowest BCUT2D eigenvalue weighted by Gasteiger charge is -2.31. The lowest BCUT2D eigenvalue weighted by molar-refractivity contribution is -0.125. The normalized spacial score (nSPS) is 21.2. The number of carbonyl (C=O) groups is 1. The first kappa shape index (κ1) is 14.4. The number of ether oxygens (including phenoxy) is 1. The molecule has 1 fully saturated rings. The Balaban J connectivity index is 2.41. The fraction of sp³-hybridized carbons (Fsp3) is 0.909. The van der Waals surface area contributed by atoms with Crippen LogP contribution in [0.3, 0.4) is 0 Å². The molecule has 1 rings (SSSR count). The van der Waals surface area contributed by atoms with Crippen LogP contribution in [0.25, 0.3) is 0 Å². The van der Waals surface area contributed by atoms with Gasteiger partial charge in [0.25, 0.3) is 0 Å². The predicted octanol–water partition coefficient (Wildman–Crippen LogP) is -1.39. The molecule has 0 aliphatic carbocycles. The molecule has 0 bridgehead atoms. The molecule has 6 heteroatoms. The average molecular weight is 246 g/mol. The molecule has 0 saturated carbocycles. The van der Waals surface area contributed by atoms with Crippen LogP contribution in [0.5, 0.6) is 0 Å². The number of aliphatic hydroxyl groups excluding tert-OH is 2. The molecule has 1 aliphatic heterocycles. The van der Waals surface area contributed by atoms with Crippen molar-refractivity contribution in [2.45, 2.75) is 31.3 Å². The van der Waals surface area contributed by atoms with Crippen molar-refractivity contribution in [1.29, 1.82) is 0 Å². The molecule has 1 amide bonds. The number of carbonyl (C=O) groups excluding carboxylic acids is 1. The van der Waals surface area contributed by atoms with Gasteiger partial charge in [0, 0.05) is 19.0 Å². The molecule has 17 heavy (non-hydrogen) atoms. The smallest absolute Gasteiger partial charge is 0.222 e. The SMILES string of the molecule is CCC(CO)(CO)NC(=O)CC1COCCN1. The van der Waals surface area contributed by atoms with Crippen molar-refractivity contribution >= 4 is 5.91 Å². The highest BCUT2D eigenvalue weighted by Crippen LogP contribution is 2.09. The summed E-state index contributed by atoms with van der Waals surface area (Å²) < 4.78 is 5.25. The van der Waals surface area contributed by atoms with Gasteiger partial charge in [0.05, 0.1) is 32.0 Å². The lowest BCUT2D eigenvalue weighted by atomic mass is 9.98. The van der Waals surface area contributed by atoms with Crippen LogP contribution >= 0.6 is 0 Å². The molecular weight excluding hydrogens is 224 g/mol. The molecular formula is C11H22N2O4. The van der Waals surface area contributed by atoms with Gasteiger partial charge in [-0.2, -0.15) is 0 Å². The lowest BCUT2D eigenvalue weighted by Crippen LogP contribution is -2.55. The van der Waals surface area contributed by atoms with Gasteiger partial charge in [0.2, 0.25) is 5.91 Å². The molecule has 0 spiro atoms. The van der Waals surface area contributed by atoms with E-state index < -0.39 is 5.54 Å². The number of morpholine rings is 1. The Morgan fingerprint density at radius 1 is 1.53 bits per heavy atom. The molecule has 6 nitrogen and oxygen atoms in total. The molecule has 1 unspecified atom stereocenters. The second-order valence-corrected chi connectivity index (χ2v) is 4.43. The topological polar surface area (TPSA) is 90.8 Å². The third-order valence-corrected chi connectivity index (χ3v) is 3.12. The van der Waals surface area contributed by atoms with Gasteiger partial charge in [-0.3, -0.25) is 4.79 Å². The number of rotatable bonds is 6. The molecule has 1 heterocycles. The zero-order valence-electron chi connectivity index (χ0n) is 10.2. The zero-order chi connectivity index (χ0) is 12.7. The average Bonchev–Trinajstić information content (AvgIpc) is 2.37. The standard InChI is InChI=1S/C11H22N2O4/c1-2-11(7-14,8-15)13-10(16)5-9-6-17-4-3-12-9/h9,12,14-15H,2-8H2,1H3,(H,13,16). The van der Waals surface area contributed by atoms with Crippen LogP contribution < -0.4 is 10.6 Å². The van der Waals surface area contributed by atoms with Gasteiger partial charge in [-0.05, 0) is 6.42 Å². The van der Waals surface area contributed by atoms with E-state index in [1.807, 2.05) is 6.92 Å². The van der Waals surface area contributed by atoms with E-state index in [0.29, 0.717) is 26.1 Å². The highest BCUT2D eigenvalue weighted by Gasteiger charge is 2.29. The molecule has 1 aliphatic rings. The van der Waals surface area contributed by atoms with E-state index in [9.17, 15) is 15.0 Å². The minimum absolute atomic E-state index is 0.00990. The van der Waals surface area contributed by atoms with Gasteiger partial charge in [-0.25, -0.2) is 0 Å². The minimum atomic E-state index is -0.910. The van der Waals surface area contributed by atoms with E-state index in [0.717, 1.165) is 6.54 Å². The second-order valence-electron chi connectivity index (χ2n) is 4.43. The third kappa shape index (κ3) is 4.23. The molecule has 100 valence electrons. The number of nitrogens with one attached hydrogen (secondary N) is 2. The summed E-state index contributed by atoms with van der Waals surface area (Å²) in [5, 5.41) is 24.3. The number of aliphatic hydroxyl groups is 2. The Hall–Kier alpha value is -0.690. The Morgan fingerprint density at radius 3 is 2.71 bits per heavy atom. The molecule has 1 saturated heterocycles. The Bertz CT molecular complexity index is 229. The maximum Gasteiger partial charge on any atom is 0.222 e. The molecule has 0 radical (unpaired) electrons. The predicted molar refractivity (Wildman–Crippen MR) is 62.6 cm³/mol. The fourth-order valence-corrected chi connectivity index (χ4v) is 1.76. The zero-order valence-corrected chi connectivity index (χ0v) is 10.2. The van der Waals surface area contributed by atoms with Crippen molar-refractivity contribution in [2.24, 2.45) is 0 Å². The summed E-state index contributed by atoms with van der Waals surface area (Å²) in [7, 11) is 0. The monoisotopic (exact) mass is 246 g/mol. The van der Waals surface area contributed by atoms with Crippen molar-refractivity contribution < 1.29 is 19.7 Å². The van der Waals surface area contributed by atoms with E-state index in [-0.39, 0.29) is 25.2 Å². The van der Waals surface area contributed by atoms with Crippen molar-refractivity contribution in [3.63, 3.8) is 0 Å². The summed E-state index contributed by atoms with van der Waals surface area (Å²) in [5.74, 6) is -0.182. The molecule has 0 aromatic rings. The summed E-state index contributed by atoms with van der Waals surface area (Å²) in [4.78, 5) is 11.8. The Labute approximate surface area is 101 Å². The van der Waals surface area contributed by atoms with E-state index in [1.165, 1.54) is 0 Å². The van der Waals surface area contributed by atoms with Gasteiger partial charge < -0.3 is 25.6 Å². The molecule has 4 N–H and O–H groups in total. The van der Waals surface area contributed by atoms with E-state index in [1.54, 1.807) is 0 Å². The largest absolute Gasteiger partial charge is 0.394 e. The number of hydrogen-bond acceptors (Lipinski definition) is 5.